The Labute approximate surface area is 143 Å². The van der Waals surface area contributed by atoms with Crippen molar-refractivity contribution in [2.75, 3.05) is 5.32 Å². The SMILES string of the molecule is Cn1nc(Nc2ccc(C(F)(F)F)cc2)c2ncn(CC(=O)O)c(=O)c21. The van der Waals surface area contributed by atoms with Gasteiger partial charge in [-0.2, -0.15) is 18.3 Å². The molecular weight excluding hydrogens is 355 g/mol. The van der Waals surface area contributed by atoms with Gasteiger partial charge < -0.3 is 10.4 Å². The lowest BCUT2D eigenvalue weighted by Gasteiger charge is -2.08. The Morgan fingerprint density at radius 2 is 1.92 bits per heavy atom. The second kappa shape index (κ2) is 6.17. The van der Waals surface area contributed by atoms with Crippen molar-refractivity contribution in [3.8, 4) is 0 Å². The molecule has 0 fully saturated rings. The van der Waals surface area contributed by atoms with Crippen molar-refractivity contribution in [3.63, 3.8) is 0 Å². The van der Waals surface area contributed by atoms with Crippen molar-refractivity contribution in [3.05, 3.63) is 46.5 Å². The number of benzene rings is 1. The van der Waals surface area contributed by atoms with Crippen molar-refractivity contribution >= 4 is 28.5 Å². The number of hydrogen-bond donors (Lipinski definition) is 2. The normalized spacial score (nSPS) is 11.7. The molecule has 0 aliphatic carbocycles. The molecule has 0 saturated heterocycles. The third-order valence-electron chi connectivity index (χ3n) is 3.59. The van der Waals surface area contributed by atoms with Gasteiger partial charge in [0, 0.05) is 12.7 Å². The summed E-state index contributed by atoms with van der Waals surface area (Å²) in [6.07, 6.45) is -3.36. The zero-order valence-electron chi connectivity index (χ0n) is 13.3. The molecule has 26 heavy (non-hydrogen) atoms. The van der Waals surface area contributed by atoms with Gasteiger partial charge in [0.15, 0.2) is 11.3 Å². The molecule has 2 heterocycles. The Morgan fingerprint density at radius 1 is 1.27 bits per heavy atom. The molecular formula is C15H12F3N5O3. The second-order valence-electron chi connectivity index (χ2n) is 5.44. The predicted molar refractivity (Wildman–Crippen MR) is 85.1 cm³/mol. The monoisotopic (exact) mass is 367 g/mol. The first kappa shape index (κ1) is 17.5. The maximum atomic E-state index is 12.6. The van der Waals surface area contributed by atoms with E-state index in [-0.39, 0.29) is 16.9 Å². The summed E-state index contributed by atoms with van der Waals surface area (Å²) in [4.78, 5) is 27.2. The molecule has 2 N–H and O–H groups in total. The lowest BCUT2D eigenvalue weighted by atomic mass is 10.2. The summed E-state index contributed by atoms with van der Waals surface area (Å²) < 4.78 is 40.0. The minimum atomic E-state index is -4.44. The number of nitrogens with one attached hydrogen (secondary N) is 1. The van der Waals surface area contributed by atoms with Gasteiger partial charge in [-0.15, -0.1) is 0 Å². The van der Waals surface area contributed by atoms with Crippen LogP contribution in [0.5, 0.6) is 0 Å². The molecule has 0 bridgehead atoms. The number of carbonyl (C=O) groups is 1. The van der Waals surface area contributed by atoms with Crippen LogP contribution in [-0.4, -0.2) is 30.4 Å². The first-order chi connectivity index (χ1) is 12.2. The van der Waals surface area contributed by atoms with Crippen molar-refractivity contribution in [1.82, 2.24) is 19.3 Å². The van der Waals surface area contributed by atoms with Crippen molar-refractivity contribution in [1.29, 1.82) is 0 Å². The number of anilines is 2. The van der Waals surface area contributed by atoms with Crippen LogP contribution in [0.2, 0.25) is 0 Å². The van der Waals surface area contributed by atoms with E-state index in [2.05, 4.69) is 15.4 Å². The number of aromatic nitrogens is 4. The van der Waals surface area contributed by atoms with Crippen LogP contribution in [0.1, 0.15) is 5.56 Å². The molecule has 0 spiro atoms. The van der Waals surface area contributed by atoms with E-state index in [1.807, 2.05) is 0 Å². The van der Waals surface area contributed by atoms with Crippen molar-refractivity contribution < 1.29 is 23.1 Å². The van der Waals surface area contributed by atoms with Crippen LogP contribution in [0.15, 0.2) is 35.4 Å². The van der Waals surface area contributed by atoms with Crippen LogP contribution in [-0.2, 0) is 24.6 Å². The van der Waals surface area contributed by atoms with Crippen LogP contribution in [0.3, 0.4) is 0 Å². The van der Waals surface area contributed by atoms with Crippen LogP contribution in [0.4, 0.5) is 24.7 Å². The van der Waals surface area contributed by atoms with Gasteiger partial charge in [-0.25, -0.2) is 4.98 Å². The van der Waals surface area contributed by atoms with Gasteiger partial charge >= 0.3 is 12.1 Å². The third-order valence-corrected chi connectivity index (χ3v) is 3.59. The smallest absolute Gasteiger partial charge is 0.416 e. The Bertz CT molecular complexity index is 1040. The maximum absolute atomic E-state index is 12.6. The summed E-state index contributed by atoms with van der Waals surface area (Å²) >= 11 is 0. The van der Waals surface area contributed by atoms with Gasteiger partial charge in [-0.05, 0) is 24.3 Å². The number of nitrogens with zero attached hydrogens (tertiary/aromatic N) is 4. The summed E-state index contributed by atoms with van der Waals surface area (Å²) in [5, 5.41) is 15.7. The number of carboxylic acid groups (broad SMARTS) is 1. The fourth-order valence-corrected chi connectivity index (χ4v) is 2.41. The standard InChI is InChI=1S/C15H12F3N5O3/c1-22-12-11(19-7-23(14(12)26)6-10(24)25)13(21-22)20-9-4-2-8(3-5-9)15(16,17)18/h2-5,7H,6H2,1H3,(H,20,21)(H,24,25). The van der Waals surface area contributed by atoms with E-state index >= 15 is 0 Å². The fourth-order valence-electron chi connectivity index (χ4n) is 2.41. The lowest BCUT2D eigenvalue weighted by Crippen LogP contribution is -2.25. The quantitative estimate of drug-likeness (QED) is 0.731. The molecule has 0 radical (unpaired) electrons. The fraction of sp³-hybridized carbons (Fsp3) is 0.200. The maximum Gasteiger partial charge on any atom is 0.416 e. The molecule has 0 unspecified atom stereocenters. The van der Waals surface area contributed by atoms with E-state index in [4.69, 9.17) is 5.11 Å². The number of alkyl halides is 3. The van der Waals surface area contributed by atoms with Gasteiger partial charge in [0.1, 0.15) is 12.1 Å². The number of aliphatic carboxylic acids is 1. The Hall–Kier alpha value is -3.37. The highest BCUT2D eigenvalue weighted by Crippen LogP contribution is 2.30. The van der Waals surface area contributed by atoms with Crippen LogP contribution < -0.4 is 10.9 Å². The molecule has 3 rings (SSSR count). The van der Waals surface area contributed by atoms with Crippen LogP contribution in [0.25, 0.3) is 11.0 Å². The molecule has 136 valence electrons. The van der Waals surface area contributed by atoms with Crippen molar-refractivity contribution in [2.45, 2.75) is 12.7 Å². The predicted octanol–water partition coefficient (Wildman–Crippen LogP) is 1.98. The minimum absolute atomic E-state index is 0.0724. The van der Waals surface area contributed by atoms with Crippen molar-refractivity contribution in [2.24, 2.45) is 7.05 Å². The van der Waals surface area contributed by atoms with E-state index in [0.717, 1.165) is 23.0 Å². The molecule has 0 saturated carbocycles. The van der Waals surface area contributed by atoms with Gasteiger partial charge in [-0.1, -0.05) is 0 Å². The Balaban J connectivity index is 1.98. The first-order valence-electron chi connectivity index (χ1n) is 7.25. The average Bonchev–Trinajstić information content (AvgIpc) is 2.86. The molecule has 11 heteroatoms. The highest BCUT2D eigenvalue weighted by atomic mass is 19.4. The third kappa shape index (κ3) is 3.23. The zero-order valence-corrected chi connectivity index (χ0v) is 13.3. The minimum Gasteiger partial charge on any atom is -0.480 e. The molecule has 0 aliphatic rings. The van der Waals surface area contributed by atoms with Gasteiger partial charge in [0.2, 0.25) is 0 Å². The number of halogens is 3. The zero-order chi connectivity index (χ0) is 19.1. The Morgan fingerprint density at radius 3 is 2.50 bits per heavy atom. The summed E-state index contributed by atoms with van der Waals surface area (Å²) in [6, 6.07) is 4.30. The summed E-state index contributed by atoms with van der Waals surface area (Å²) in [6.45, 7) is -0.547. The molecule has 0 amide bonds. The molecule has 8 nitrogen and oxygen atoms in total. The van der Waals surface area contributed by atoms with E-state index in [1.54, 1.807) is 0 Å². The summed E-state index contributed by atoms with van der Waals surface area (Å²) in [5.41, 5.74) is -0.798. The van der Waals surface area contributed by atoms with Gasteiger partial charge in [-0.3, -0.25) is 18.8 Å². The Kier molecular flexibility index (Phi) is 4.14. The number of hydrogen-bond acceptors (Lipinski definition) is 5. The number of rotatable bonds is 4. The van der Waals surface area contributed by atoms with E-state index < -0.39 is 29.8 Å². The molecule has 0 atom stereocenters. The number of aryl methyl sites for hydroxylation is 1. The summed E-state index contributed by atoms with van der Waals surface area (Å²) in [7, 11) is 1.48. The lowest BCUT2D eigenvalue weighted by molar-refractivity contribution is -0.138. The molecule has 0 aliphatic heterocycles. The highest BCUT2D eigenvalue weighted by Gasteiger charge is 2.30. The first-order valence-corrected chi connectivity index (χ1v) is 7.25. The van der Waals surface area contributed by atoms with Gasteiger partial charge in [0.05, 0.1) is 11.9 Å². The molecule has 1 aromatic carbocycles. The largest absolute Gasteiger partial charge is 0.480 e. The molecule has 2 aromatic heterocycles. The number of carboxylic acids is 1. The van der Waals surface area contributed by atoms with E-state index in [0.29, 0.717) is 5.69 Å². The summed E-state index contributed by atoms with van der Waals surface area (Å²) in [5.74, 6) is -1.03. The second-order valence-corrected chi connectivity index (χ2v) is 5.44. The van der Waals surface area contributed by atoms with Gasteiger partial charge in [0.25, 0.3) is 5.56 Å². The number of fused-ring (bicyclic) bond motifs is 1. The van der Waals surface area contributed by atoms with Crippen LogP contribution >= 0.6 is 0 Å². The highest BCUT2D eigenvalue weighted by molar-refractivity contribution is 5.87. The van der Waals surface area contributed by atoms with E-state index in [1.165, 1.54) is 23.9 Å². The molecule has 3 aromatic rings. The van der Waals surface area contributed by atoms with E-state index in [9.17, 15) is 22.8 Å². The van der Waals surface area contributed by atoms with Crippen LogP contribution in [0, 0.1) is 0 Å². The average molecular weight is 367 g/mol. The topological polar surface area (TPSA) is 102 Å².